The highest BCUT2D eigenvalue weighted by Crippen LogP contribution is 2.32. The van der Waals surface area contributed by atoms with E-state index in [0.29, 0.717) is 16.5 Å². The molecule has 0 aliphatic heterocycles. The summed E-state index contributed by atoms with van der Waals surface area (Å²) in [6, 6.07) is 6.82. The number of nitrogens with two attached hydrogens (primary N) is 3. The first-order chi connectivity index (χ1) is 9.04. The maximum atomic E-state index is 5.99. The number of rotatable bonds is 3. The lowest BCUT2D eigenvalue weighted by Crippen LogP contribution is -2.30. The molecular weight excluding hydrogens is 262 g/mol. The van der Waals surface area contributed by atoms with Crippen LogP contribution in [0.4, 0.5) is 11.5 Å². The van der Waals surface area contributed by atoms with Gasteiger partial charge >= 0.3 is 0 Å². The molecule has 0 amide bonds. The van der Waals surface area contributed by atoms with Crippen molar-refractivity contribution < 1.29 is 0 Å². The number of nitrogens with one attached hydrogen (secondary N) is 1. The third-order valence-corrected chi connectivity index (χ3v) is 3.29. The molecule has 0 saturated heterocycles. The predicted molar refractivity (Wildman–Crippen MR) is 78.4 cm³/mol. The van der Waals surface area contributed by atoms with E-state index in [0.717, 1.165) is 16.7 Å². The van der Waals surface area contributed by atoms with E-state index >= 15 is 0 Å². The van der Waals surface area contributed by atoms with Crippen LogP contribution in [0.25, 0.3) is 0 Å². The van der Waals surface area contributed by atoms with Gasteiger partial charge in [-0.1, -0.05) is 17.7 Å². The summed E-state index contributed by atoms with van der Waals surface area (Å²) >= 11 is 5.90. The van der Waals surface area contributed by atoms with Crippen LogP contribution in [0.1, 0.15) is 22.7 Å². The molecule has 100 valence electrons. The van der Waals surface area contributed by atoms with E-state index in [1.807, 2.05) is 19.1 Å². The number of aryl methyl sites for hydroxylation is 1. The van der Waals surface area contributed by atoms with Crippen LogP contribution in [-0.2, 0) is 0 Å². The zero-order valence-electron chi connectivity index (χ0n) is 10.5. The lowest BCUT2D eigenvalue weighted by Gasteiger charge is -2.21. The second-order valence-electron chi connectivity index (χ2n) is 4.30. The fraction of sp³-hybridized carbons (Fsp3) is 0.154. The van der Waals surface area contributed by atoms with Gasteiger partial charge in [0, 0.05) is 22.5 Å². The number of benzene rings is 1. The fourth-order valence-corrected chi connectivity index (χ4v) is 2.28. The van der Waals surface area contributed by atoms with E-state index in [1.165, 1.54) is 0 Å². The predicted octanol–water partition coefficient (Wildman–Crippen LogP) is 1.76. The van der Waals surface area contributed by atoms with Gasteiger partial charge in [-0.2, -0.15) is 0 Å². The Kier molecular flexibility index (Phi) is 3.90. The first-order valence-electron chi connectivity index (χ1n) is 5.76. The molecule has 1 atom stereocenters. The van der Waals surface area contributed by atoms with Crippen molar-refractivity contribution in [1.82, 2.24) is 10.4 Å². The van der Waals surface area contributed by atoms with Crippen LogP contribution in [0.5, 0.6) is 0 Å². The Hall–Kier alpha value is -1.82. The second-order valence-corrected chi connectivity index (χ2v) is 4.74. The Labute approximate surface area is 116 Å². The molecule has 1 unspecified atom stereocenters. The molecule has 0 bridgehead atoms. The molecule has 0 fully saturated rings. The van der Waals surface area contributed by atoms with E-state index in [2.05, 4.69) is 10.4 Å². The van der Waals surface area contributed by atoms with Crippen LogP contribution in [0, 0.1) is 6.92 Å². The molecule has 0 aliphatic carbocycles. The summed E-state index contributed by atoms with van der Waals surface area (Å²) in [5.74, 6) is 6.09. The zero-order chi connectivity index (χ0) is 14.0. The van der Waals surface area contributed by atoms with Crippen molar-refractivity contribution in [2.24, 2.45) is 5.84 Å². The monoisotopic (exact) mass is 277 g/mol. The lowest BCUT2D eigenvalue weighted by atomic mass is 9.95. The first kappa shape index (κ1) is 13.6. The average molecular weight is 278 g/mol. The average Bonchev–Trinajstić information content (AvgIpc) is 2.35. The van der Waals surface area contributed by atoms with Crippen molar-refractivity contribution >= 4 is 23.1 Å². The number of nitrogens with zero attached hydrogens (tertiary/aromatic N) is 1. The first-order valence-corrected chi connectivity index (χ1v) is 6.14. The van der Waals surface area contributed by atoms with Gasteiger partial charge < -0.3 is 11.5 Å². The summed E-state index contributed by atoms with van der Waals surface area (Å²) in [4.78, 5) is 4.10. The van der Waals surface area contributed by atoms with E-state index in [4.69, 9.17) is 28.9 Å². The largest absolute Gasteiger partial charge is 0.398 e. The summed E-state index contributed by atoms with van der Waals surface area (Å²) in [7, 11) is 0. The maximum Gasteiger partial charge on any atom is 0.128 e. The number of pyridine rings is 1. The minimum absolute atomic E-state index is 0.328. The van der Waals surface area contributed by atoms with Gasteiger partial charge in [-0.15, -0.1) is 0 Å². The Morgan fingerprint density at radius 1 is 1.26 bits per heavy atom. The third-order valence-electron chi connectivity index (χ3n) is 3.05. The summed E-state index contributed by atoms with van der Waals surface area (Å²) in [5, 5.41) is 0.577. The van der Waals surface area contributed by atoms with Crippen molar-refractivity contribution in [3.05, 3.63) is 52.2 Å². The quantitative estimate of drug-likeness (QED) is 0.389. The van der Waals surface area contributed by atoms with Crippen LogP contribution in [0.2, 0.25) is 5.02 Å². The summed E-state index contributed by atoms with van der Waals surface area (Å²) in [6.45, 7) is 1.95. The highest BCUT2D eigenvalue weighted by molar-refractivity contribution is 6.30. The van der Waals surface area contributed by atoms with Crippen molar-refractivity contribution in [2.75, 3.05) is 11.5 Å². The van der Waals surface area contributed by atoms with Gasteiger partial charge in [0.1, 0.15) is 5.82 Å². The van der Waals surface area contributed by atoms with E-state index in [-0.39, 0.29) is 6.04 Å². The van der Waals surface area contributed by atoms with Crippen molar-refractivity contribution in [2.45, 2.75) is 13.0 Å². The number of hydrogen-bond donors (Lipinski definition) is 4. The molecule has 2 rings (SSSR count). The van der Waals surface area contributed by atoms with Gasteiger partial charge in [0.2, 0.25) is 0 Å². The van der Waals surface area contributed by atoms with Gasteiger partial charge in [-0.05, 0) is 36.2 Å². The molecule has 0 aliphatic rings. The van der Waals surface area contributed by atoms with Crippen LogP contribution < -0.4 is 22.7 Å². The molecule has 7 N–H and O–H groups in total. The normalized spacial score (nSPS) is 12.4. The highest BCUT2D eigenvalue weighted by Gasteiger charge is 2.20. The van der Waals surface area contributed by atoms with Gasteiger partial charge in [-0.25, -0.2) is 10.4 Å². The molecule has 1 aromatic heterocycles. The van der Waals surface area contributed by atoms with Gasteiger partial charge in [-0.3, -0.25) is 5.84 Å². The molecule has 5 nitrogen and oxygen atoms in total. The van der Waals surface area contributed by atoms with E-state index in [9.17, 15) is 0 Å². The molecule has 1 heterocycles. The Morgan fingerprint density at radius 3 is 2.58 bits per heavy atom. The van der Waals surface area contributed by atoms with Crippen molar-refractivity contribution in [1.29, 1.82) is 0 Å². The Balaban J connectivity index is 2.56. The van der Waals surface area contributed by atoms with Gasteiger partial charge in [0.25, 0.3) is 0 Å². The standard InChI is InChI=1S/C13H16ClN5/c1-7-4-5-18-13(16)11(7)12(19-17)9-3-2-8(14)6-10(9)15/h2-6,12,19H,15,17H2,1H3,(H2,16,18). The number of halogens is 1. The SMILES string of the molecule is Cc1ccnc(N)c1C(NN)c1ccc(Cl)cc1N. The molecular formula is C13H16ClN5. The van der Waals surface area contributed by atoms with Crippen LogP contribution in [0.3, 0.4) is 0 Å². The molecule has 6 heteroatoms. The number of nitrogen functional groups attached to an aromatic ring is 2. The summed E-state index contributed by atoms with van der Waals surface area (Å²) < 4.78 is 0. The summed E-state index contributed by atoms with van der Waals surface area (Å²) in [5.41, 5.74) is 17.8. The minimum Gasteiger partial charge on any atom is -0.398 e. The lowest BCUT2D eigenvalue weighted by molar-refractivity contribution is 0.635. The minimum atomic E-state index is -0.328. The molecule has 0 saturated carbocycles. The number of anilines is 2. The highest BCUT2D eigenvalue weighted by atomic mass is 35.5. The molecule has 2 aromatic rings. The van der Waals surface area contributed by atoms with Crippen LogP contribution in [-0.4, -0.2) is 4.98 Å². The van der Waals surface area contributed by atoms with Gasteiger partial charge in [0.05, 0.1) is 6.04 Å². The van der Waals surface area contributed by atoms with E-state index in [1.54, 1.807) is 18.3 Å². The Morgan fingerprint density at radius 2 is 2.00 bits per heavy atom. The fourth-order valence-electron chi connectivity index (χ4n) is 2.10. The zero-order valence-corrected chi connectivity index (χ0v) is 11.3. The second kappa shape index (κ2) is 5.44. The molecule has 19 heavy (non-hydrogen) atoms. The number of hydrazine groups is 1. The summed E-state index contributed by atoms with van der Waals surface area (Å²) in [6.07, 6.45) is 1.66. The molecule has 1 aromatic carbocycles. The van der Waals surface area contributed by atoms with E-state index < -0.39 is 0 Å². The number of hydrogen-bond acceptors (Lipinski definition) is 5. The number of aromatic nitrogens is 1. The molecule has 0 radical (unpaired) electrons. The van der Waals surface area contributed by atoms with Gasteiger partial charge in [0.15, 0.2) is 0 Å². The topological polar surface area (TPSA) is 103 Å². The van der Waals surface area contributed by atoms with Crippen LogP contribution >= 0.6 is 11.6 Å². The molecule has 0 spiro atoms. The smallest absolute Gasteiger partial charge is 0.128 e. The Bertz CT molecular complexity index is 579. The maximum absolute atomic E-state index is 5.99. The van der Waals surface area contributed by atoms with Crippen LogP contribution in [0.15, 0.2) is 30.5 Å². The van der Waals surface area contributed by atoms with Crippen molar-refractivity contribution in [3.8, 4) is 0 Å². The third kappa shape index (κ3) is 2.63. The van der Waals surface area contributed by atoms with Crippen molar-refractivity contribution in [3.63, 3.8) is 0 Å².